The molecule has 0 saturated carbocycles. The number of anilines is 1. The Morgan fingerprint density at radius 1 is 0.524 bits per heavy atom. The predicted molar refractivity (Wildman–Crippen MR) is 182 cm³/mol. The molecule has 0 fully saturated rings. The van der Waals surface area contributed by atoms with E-state index in [0.29, 0.717) is 11.5 Å². The maximum absolute atomic E-state index is 11.2. The van der Waals surface area contributed by atoms with Gasteiger partial charge in [-0.05, 0) is 92.9 Å². The molecule has 3 nitrogen and oxygen atoms in total. The van der Waals surface area contributed by atoms with Crippen LogP contribution in [-0.2, 0) is 34.5 Å². The van der Waals surface area contributed by atoms with Crippen LogP contribution in [0.2, 0.25) is 0 Å². The van der Waals surface area contributed by atoms with Gasteiger partial charge in [0.1, 0.15) is 11.5 Å². The second-order valence-corrected chi connectivity index (χ2v) is 16.4. The molecule has 3 rings (SSSR count). The molecule has 3 aromatic carbocycles. The minimum absolute atomic E-state index is 0.143. The number of phenols is 2. The lowest BCUT2D eigenvalue weighted by Gasteiger charge is -2.29. The molecule has 0 unspecified atom stereocenters. The minimum Gasteiger partial charge on any atom is -0.507 e. The standard InChI is InChI=1S/C39H57NO2/c1-36(2,3)30-22-26(23-31(34(30)41)37(4,5)6)18-20-29(40-28-16-14-13-15-17-28)21-19-27-24-32(38(7,8)9)35(42)33(25-27)39(10,11)12/h13-17,22-25,29,40-42H,18-21H2,1-12H3. The first-order valence-corrected chi connectivity index (χ1v) is 15.7. The molecule has 0 radical (unpaired) electrons. The molecule has 0 aliphatic carbocycles. The molecule has 3 aromatic rings. The Morgan fingerprint density at radius 2 is 0.833 bits per heavy atom. The normalized spacial score (nSPS) is 13.1. The number of hydrogen-bond donors (Lipinski definition) is 3. The van der Waals surface area contributed by atoms with Crippen molar-refractivity contribution in [2.75, 3.05) is 5.32 Å². The van der Waals surface area contributed by atoms with Crippen molar-refractivity contribution in [3.63, 3.8) is 0 Å². The average molecular weight is 572 g/mol. The van der Waals surface area contributed by atoms with Gasteiger partial charge in [-0.25, -0.2) is 0 Å². The Hall–Kier alpha value is -2.94. The molecule has 0 aromatic heterocycles. The molecule has 0 aliphatic heterocycles. The summed E-state index contributed by atoms with van der Waals surface area (Å²) in [6.45, 7) is 26.1. The third-order valence-corrected chi connectivity index (χ3v) is 8.28. The maximum atomic E-state index is 11.2. The smallest absolute Gasteiger partial charge is 0.123 e. The lowest BCUT2D eigenvalue weighted by Crippen LogP contribution is -2.22. The Balaban J connectivity index is 1.94. The molecule has 3 heteroatoms. The van der Waals surface area contributed by atoms with Crippen LogP contribution in [0.1, 0.15) is 129 Å². The molecule has 0 heterocycles. The van der Waals surface area contributed by atoms with Crippen LogP contribution in [-0.4, -0.2) is 16.3 Å². The first kappa shape index (κ1) is 33.6. The summed E-state index contributed by atoms with van der Waals surface area (Å²) in [6.07, 6.45) is 3.80. The van der Waals surface area contributed by atoms with Crippen LogP contribution >= 0.6 is 0 Å². The predicted octanol–water partition coefficient (Wildman–Crippen LogP) is 10.3. The van der Waals surface area contributed by atoms with Crippen molar-refractivity contribution in [1.29, 1.82) is 0 Å². The Kier molecular flexibility index (Phi) is 9.87. The zero-order chi connectivity index (χ0) is 31.7. The SMILES string of the molecule is CC(C)(C)c1cc(CCC(CCc2cc(C(C)(C)C)c(O)c(C(C)(C)C)c2)Nc2ccccc2)cc(C(C)(C)C)c1O. The van der Waals surface area contributed by atoms with Gasteiger partial charge in [-0.1, -0.05) is 126 Å². The molecular formula is C39H57NO2. The molecular weight excluding hydrogens is 514 g/mol. The number of nitrogens with one attached hydrogen (secondary N) is 1. The molecule has 230 valence electrons. The second-order valence-electron chi connectivity index (χ2n) is 16.4. The Labute approximate surface area is 256 Å². The van der Waals surface area contributed by atoms with Gasteiger partial charge in [-0.3, -0.25) is 0 Å². The highest BCUT2D eigenvalue weighted by molar-refractivity contribution is 5.51. The van der Waals surface area contributed by atoms with Crippen molar-refractivity contribution in [2.45, 2.75) is 136 Å². The topological polar surface area (TPSA) is 52.5 Å². The van der Waals surface area contributed by atoms with Gasteiger partial charge in [0.2, 0.25) is 0 Å². The number of benzene rings is 3. The van der Waals surface area contributed by atoms with E-state index in [0.717, 1.165) is 53.6 Å². The van der Waals surface area contributed by atoms with Crippen LogP contribution in [0.25, 0.3) is 0 Å². The van der Waals surface area contributed by atoms with Crippen LogP contribution in [0.5, 0.6) is 11.5 Å². The lowest BCUT2D eigenvalue weighted by molar-refractivity contribution is 0.422. The van der Waals surface area contributed by atoms with Crippen LogP contribution < -0.4 is 5.32 Å². The summed E-state index contributed by atoms with van der Waals surface area (Å²) in [6, 6.07) is 19.6. The summed E-state index contributed by atoms with van der Waals surface area (Å²) >= 11 is 0. The van der Waals surface area contributed by atoms with Gasteiger partial charge < -0.3 is 15.5 Å². The highest BCUT2D eigenvalue weighted by atomic mass is 16.3. The number of para-hydroxylation sites is 1. The third-order valence-electron chi connectivity index (χ3n) is 8.28. The van der Waals surface area contributed by atoms with Gasteiger partial charge in [0.25, 0.3) is 0 Å². The molecule has 0 amide bonds. The fourth-order valence-electron chi connectivity index (χ4n) is 5.70. The van der Waals surface area contributed by atoms with Crippen molar-refractivity contribution < 1.29 is 10.2 Å². The summed E-state index contributed by atoms with van der Waals surface area (Å²) in [5.41, 5.74) is 7.19. The van der Waals surface area contributed by atoms with Gasteiger partial charge in [0.15, 0.2) is 0 Å². The van der Waals surface area contributed by atoms with E-state index in [1.807, 2.05) is 0 Å². The zero-order valence-corrected chi connectivity index (χ0v) is 28.5. The Bertz CT molecular complexity index is 1190. The average Bonchev–Trinajstić information content (AvgIpc) is 2.84. The first-order chi connectivity index (χ1) is 19.2. The van der Waals surface area contributed by atoms with Gasteiger partial charge in [0, 0.05) is 11.7 Å². The van der Waals surface area contributed by atoms with E-state index in [4.69, 9.17) is 0 Å². The van der Waals surface area contributed by atoms with E-state index in [1.54, 1.807) is 0 Å². The third kappa shape index (κ3) is 8.55. The lowest BCUT2D eigenvalue weighted by atomic mass is 9.77. The summed E-state index contributed by atoms with van der Waals surface area (Å²) in [5.74, 6) is 0.878. The van der Waals surface area contributed by atoms with E-state index in [9.17, 15) is 10.2 Å². The molecule has 0 bridgehead atoms. The molecule has 0 saturated heterocycles. The fraction of sp³-hybridized carbons (Fsp3) is 0.538. The van der Waals surface area contributed by atoms with Crippen molar-refractivity contribution in [3.8, 4) is 11.5 Å². The van der Waals surface area contributed by atoms with Crippen molar-refractivity contribution in [1.82, 2.24) is 0 Å². The molecule has 0 atom stereocenters. The monoisotopic (exact) mass is 571 g/mol. The van der Waals surface area contributed by atoms with E-state index in [2.05, 4.69) is 143 Å². The molecule has 42 heavy (non-hydrogen) atoms. The van der Waals surface area contributed by atoms with Crippen molar-refractivity contribution >= 4 is 5.69 Å². The van der Waals surface area contributed by atoms with Crippen LogP contribution in [0.15, 0.2) is 54.6 Å². The van der Waals surface area contributed by atoms with E-state index < -0.39 is 0 Å². The highest BCUT2D eigenvalue weighted by Gasteiger charge is 2.28. The number of phenolic OH excluding ortho intramolecular Hbond substituents is 2. The second kappa shape index (κ2) is 12.3. The summed E-state index contributed by atoms with van der Waals surface area (Å²) < 4.78 is 0. The molecule has 3 N–H and O–H groups in total. The minimum atomic E-state index is -0.143. The molecule has 0 aliphatic rings. The highest BCUT2D eigenvalue weighted by Crippen LogP contribution is 2.41. The van der Waals surface area contributed by atoms with Gasteiger partial charge in [-0.15, -0.1) is 0 Å². The summed E-state index contributed by atoms with van der Waals surface area (Å²) in [4.78, 5) is 0. The summed E-state index contributed by atoms with van der Waals surface area (Å²) in [5, 5.41) is 26.3. The number of hydrogen-bond acceptors (Lipinski definition) is 3. The molecule has 0 spiro atoms. The van der Waals surface area contributed by atoms with E-state index >= 15 is 0 Å². The van der Waals surface area contributed by atoms with Crippen molar-refractivity contribution in [2.24, 2.45) is 0 Å². The maximum Gasteiger partial charge on any atom is 0.123 e. The van der Waals surface area contributed by atoms with Crippen LogP contribution in [0, 0.1) is 0 Å². The first-order valence-electron chi connectivity index (χ1n) is 15.7. The fourth-order valence-corrected chi connectivity index (χ4v) is 5.70. The van der Waals surface area contributed by atoms with Gasteiger partial charge in [0.05, 0.1) is 0 Å². The number of aromatic hydroxyl groups is 2. The Morgan fingerprint density at radius 3 is 1.12 bits per heavy atom. The van der Waals surface area contributed by atoms with E-state index in [-0.39, 0.29) is 27.7 Å². The van der Waals surface area contributed by atoms with Crippen molar-refractivity contribution in [3.05, 3.63) is 88.0 Å². The largest absolute Gasteiger partial charge is 0.507 e. The number of rotatable bonds is 8. The van der Waals surface area contributed by atoms with Gasteiger partial charge >= 0.3 is 0 Å². The van der Waals surface area contributed by atoms with Crippen LogP contribution in [0.3, 0.4) is 0 Å². The van der Waals surface area contributed by atoms with Crippen LogP contribution in [0.4, 0.5) is 5.69 Å². The van der Waals surface area contributed by atoms with Gasteiger partial charge in [-0.2, -0.15) is 0 Å². The number of aryl methyl sites for hydroxylation is 2. The zero-order valence-electron chi connectivity index (χ0n) is 28.5. The summed E-state index contributed by atoms with van der Waals surface area (Å²) in [7, 11) is 0. The van der Waals surface area contributed by atoms with E-state index in [1.165, 1.54) is 11.1 Å². The quantitative estimate of drug-likeness (QED) is 0.252.